The van der Waals surface area contributed by atoms with Crippen molar-refractivity contribution in [2.45, 2.75) is 0 Å². The third kappa shape index (κ3) is 1.89. The molecule has 0 bridgehead atoms. The fourth-order valence-electron chi connectivity index (χ4n) is 1.26. The van der Waals surface area contributed by atoms with E-state index in [9.17, 15) is 9.90 Å². The summed E-state index contributed by atoms with van der Waals surface area (Å²) in [5, 5.41) is 10.1. The highest BCUT2D eigenvalue weighted by Crippen LogP contribution is 2.30. The van der Waals surface area contributed by atoms with Gasteiger partial charge in [-0.15, -0.1) is 0 Å². The van der Waals surface area contributed by atoms with Gasteiger partial charge in [0.1, 0.15) is 5.58 Å². The minimum absolute atomic E-state index is 0.0444. The second-order valence-corrected chi connectivity index (χ2v) is 3.08. The van der Waals surface area contributed by atoms with Gasteiger partial charge in [-0.05, 0) is 12.1 Å². The van der Waals surface area contributed by atoms with Crippen molar-refractivity contribution in [3.63, 3.8) is 0 Å². The van der Waals surface area contributed by atoms with E-state index in [4.69, 9.17) is 20.8 Å². The maximum atomic E-state index is 10.9. The van der Waals surface area contributed by atoms with Crippen molar-refractivity contribution in [2.75, 3.05) is 6.07 Å². The van der Waals surface area contributed by atoms with Crippen LogP contribution in [0.1, 0.15) is 0 Å². The molecule has 1 N–H and O–H groups in total. The minimum atomic E-state index is -0.454. The van der Waals surface area contributed by atoms with Crippen LogP contribution in [0.2, 0.25) is 0 Å². The molecule has 2 aromatic rings. The molecule has 4 nitrogen and oxygen atoms in total. The molecule has 78 valence electrons. The molecule has 0 unspecified atom stereocenters. The van der Waals surface area contributed by atoms with Crippen molar-refractivity contribution in [2.24, 2.45) is 0 Å². The van der Waals surface area contributed by atoms with E-state index in [1.807, 2.05) is 0 Å². The first kappa shape index (κ1) is 9.86. The van der Waals surface area contributed by atoms with Crippen molar-refractivity contribution in [1.29, 1.82) is 0 Å². The van der Waals surface area contributed by atoms with Crippen LogP contribution in [0.5, 0.6) is 11.5 Å². The number of hydrogen-bond acceptors (Lipinski definition) is 4. The zero-order valence-corrected chi connectivity index (χ0v) is 8.32. The van der Waals surface area contributed by atoms with E-state index >= 15 is 0 Å². The number of ether oxygens (including phenoxy) is 1. The average molecular weight is 227 g/mol. The number of fused-ring (bicyclic) bond motifs is 1. The Morgan fingerprint density at radius 3 is 2.93 bits per heavy atom. The Morgan fingerprint density at radius 2 is 2.20 bits per heavy atom. The predicted octanol–water partition coefficient (Wildman–Crippen LogP) is 2.07. The number of rotatable bonds is 2. The number of halogens is 1. The van der Waals surface area contributed by atoms with E-state index in [0.29, 0.717) is 11.0 Å². The fraction of sp³-hybridized carbons (Fsp3) is 0.100. The van der Waals surface area contributed by atoms with Gasteiger partial charge in [-0.2, -0.15) is 0 Å². The molecule has 0 amide bonds. The van der Waals surface area contributed by atoms with Crippen LogP contribution in [-0.4, -0.2) is 11.2 Å². The van der Waals surface area contributed by atoms with Crippen LogP contribution in [0.4, 0.5) is 0 Å². The summed E-state index contributed by atoms with van der Waals surface area (Å²) in [6.07, 6.45) is 0. The van der Waals surface area contributed by atoms with Gasteiger partial charge >= 0.3 is 5.63 Å². The van der Waals surface area contributed by atoms with Crippen molar-refractivity contribution in [3.8, 4) is 11.5 Å². The fourth-order valence-corrected chi connectivity index (χ4v) is 1.38. The SMILES string of the molecule is O=c1ccc2cc(O)c(OCCl)cc2o1. The normalized spacial score (nSPS) is 10.5. The van der Waals surface area contributed by atoms with Crippen LogP contribution in [0.3, 0.4) is 0 Å². The van der Waals surface area contributed by atoms with Crippen molar-refractivity contribution >= 4 is 22.6 Å². The van der Waals surface area contributed by atoms with Gasteiger partial charge in [0, 0.05) is 17.5 Å². The Bertz CT molecular complexity index is 547. The molecule has 0 aliphatic heterocycles. The summed E-state index contributed by atoms with van der Waals surface area (Å²) in [7, 11) is 0. The van der Waals surface area contributed by atoms with E-state index < -0.39 is 5.63 Å². The van der Waals surface area contributed by atoms with Gasteiger partial charge in [0.15, 0.2) is 17.6 Å². The quantitative estimate of drug-likeness (QED) is 0.629. The third-order valence-corrected chi connectivity index (χ3v) is 2.02. The first-order valence-corrected chi connectivity index (χ1v) is 4.70. The Labute approximate surface area is 89.7 Å². The molecule has 0 fully saturated rings. The molecule has 0 spiro atoms. The Morgan fingerprint density at radius 1 is 1.40 bits per heavy atom. The van der Waals surface area contributed by atoms with Crippen LogP contribution < -0.4 is 10.4 Å². The standard InChI is InChI=1S/C10H7ClO4/c11-5-14-9-4-8-6(3-7(9)12)1-2-10(13)15-8/h1-4,12H,5H2. The van der Waals surface area contributed by atoms with E-state index in [0.717, 1.165) is 0 Å². The molecule has 2 rings (SSSR count). The van der Waals surface area contributed by atoms with E-state index in [1.54, 1.807) is 6.07 Å². The highest BCUT2D eigenvalue weighted by molar-refractivity contribution is 6.17. The largest absolute Gasteiger partial charge is 0.504 e. The molecule has 15 heavy (non-hydrogen) atoms. The zero-order chi connectivity index (χ0) is 10.8. The first-order chi connectivity index (χ1) is 7.20. The van der Waals surface area contributed by atoms with Gasteiger partial charge in [-0.3, -0.25) is 0 Å². The molecule has 0 saturated heterocycles. The number of hydrogen-bond donors (Lipinski definition) is 1. The van der Waals surface area contributed by atoms with Gasteiger partial charge in [0.05, 0.1) is 0 Å². The monoisotopic (exact) mass is 226 g/mol. The predicted molar refractivity (Wildman–Crippen MR) is 55.5 cm³/mol. The number of phenols is 1. The van der Waals surface area contributed by atoms with Crippen LogP contribution in [0.15, 0.2) is 33.5 Å². The van der Waals surface area contributed by atoms with E-state index in [-0.39, 0.29) is 17.6 Å². The Kier molecular flexibility index (Phi) is 2.51. The summed E-state index contributed by atoms with van der Waals surface area (Å²) in [6, 6.07) is 5.62. The number of benzene rings is 1. The molecule has 0 saturated carbocycles. The summed E-state index contributed by atoms with van der Waals surface area (Å²) >= 11 is 5.36. The number of aromatic hydroxyl groups is 1. The molecule has 0 radical (unpaired) electrons. The highest BCUT2D eigenvalue weighted by atomic mass is 35.5. The lowest BCUT2D eigenvalue weighted by atomic mass is 10.2. The van der Waals surface area contributed by atoms with Gasteiger partial charge < -0.3 is 14.3 Å². The van der Waals surface area contributed by atoms with Gasteiger partial charge in [0.2, 0.25) is 0 Å². The van der Waals surface area contributed by atoms with Crippen LogP contribution in [0, 0.1) is 0 Å². The molecular weight excluding hydrogens is 220 g/mol. The average Bonchev–Trinajstić information content (AvgIpc) is 2.20. The molecule has 0 aliphatic rings. The van der Waals surface area contributed by atoms with Crippen LogP contribution in [-0.2, 0) is 0 Å². The third-order valence-electron chi connectivity index (χ3n) is 1.91. The Hall–Kier alpha value is -1.68. The number of alkyl halides is 1. The second-order valence-electron chi connectivity index (χ2n) is 2.87. The molecule has 5 heteroatoms. The van der Waals surface area contributed by atoms with Gasteiger partial charge in [-0.1, -0.05) is 11.6 Å². The van der Waals surface area contributed by atoms with Crippen LogP contribution in [0.25, 0.3) is 11.0 Å². The highest BCUT2D eigenvalue weighted by Gasteiger charge is 2.06. The molecule has 0 aliphatic carbocycles. The smallest absolute Gasteiger partial charge is 0.336 e. The molecule has 1 aromatic carbocycles. The minimum Gasteiger partial charge on any atom is -0.504 e. The summed E-state index contributed by atoms with van der Waals surface area (Å²) in [5.74, 6) is 0.142. The number of phenolic OH excluding ortho intramolecular Hbond substituents is 1. The van der Waals surface area contributed by atoms with Gasteiger partial charge in [-0.25, -0.2) is 4.79 Å². The van der Waals surface area contributed by atoms with Gasteiger partial charge in [0.25, 0.3) is 0 Å². The maximum absolute atomic E-state index is 10.9. The van der Waals surface area contributed by atoms with E-state index in [1.165, 1.54) is 18.2 Å². The molecule has 1 heterocycles. The first-order valence-electron chi connectivity index (χ1n) is 4.16. The summed E-state index contributed by atoms with van der Waals surface area (Å²) < 4.78 is 9.85. The van der Waals surface area contributed by atoms with Crippen LogP contribution >= 0.6 is 11.6 Å². The van der Waals surface area contributed by atoms with Crippen molar-refractivity contribution in [1.82, 2.24) is 0 Å². The maximum Gasteiger partial charge on any atom is 0.336 e. The summed E-state index contributed by atoms with van der Waals surface area (Å²) in [5.41, 5.74) is -0.106. The summed E-state index contributed by atoms with van der Waals surface area (Å²) in [4.78, 5) is 10.9. The lowest BCUT2D eigenvalue weighted by molar-refractivity contribution is 0.355. The topological polar surface area (TPSA) is 59.7 Å². The lowest BCUT2D eigenvalue weighted by Gasteiger charge is -2.05. The second kappa shape index (κ2) is 3.82. The lowest BCUT2D eigenvalue weighted by Crippen LogP contribution is -1.95. The summed E-state index contributed by atoms with van der Waals surface area (Å²) in [6.45, 7) is 0. The van der Waals surface area contributed by atoms with E-state index in [2.05, 4.69) is 0 Å². The Balaban J connectivity index is 2.66. The van der Waals surface area contributed by atoms with Crippen molar-refractivity contribution < 1.29 is 14.3 Å². The molecule has 1 aromatic heterocycles. The molecular formula is C10H7ClO4. The zero-order valence-electron chi connectivity index (χ0n) is 7.57. The van der Waals surface area contributed by atoms with Crippen molar-refractivity contribution in [3.05, 3.63) is 34.7 Å². The molecule has 0 atom stereocenters.